The van der Waals surface area contributed by atoms with Crippen LogP contribution < -0.4 is 10.2 Å². The molecule has 0 bridgehead atoms. The van der Waals surface area contributed by atoms with Gasteiger partial charge in [0.2, 0.25) is 5.95 Å². The number of rotatable bonds is 6. The van der Waals surface area contributed by atoms with Crippen LogP contribution in [-0.4, -0.2) is 76.0 Å². The Morgan fingerprint density at radius 3 is 2.46 bits per heavy atom. The first-order valence-electron chi connectivity index (χ1n) is 15.0. The van der Waals surface area contributed by atoms with Crippen LogP contribution in [0, 0.1) is 12.3 Å². The van der Waals surface area contributed by atoms with Crippen LogP contribution in [-0.2, 0) is 16.9 Å². The van der Waals surface area contributed by atoms with Crippen molar-refractivity contribution in [1.29, 1.82) is 0 Å². The summed E-state index contributed by atoms with van der Waals surface area (Å²) in [5.41, 5.74) is 2.80. The molecule has 2 N–H and O–H groups in total. The first-order chi connectivity index (χ1) is 19.4. The van der Waals surface area contributed by atoms with E-state index in [-0.39, 0.29) is 10.7 Å². The number of fused-ring (bicyclic) bond motifs is 1. The molecule has 1 saturated carbocycles. The fourth-order valence-electron chi connectivity index (χ4n) is 7.16. The van der Waals surface area contributed by atoms with Crippen LogP contribution in [0.4, 0.5) is 17.5 Å². The van der Waals surface area contributed by atoms with Crippen LogP contribution in [0.15, 0.2) is 35.4 Å². The Kier molecular flexibility index (Phi) is 7.10. The minimum atomic E-state index is -3.38. The first-order valence-corrected chi connectivity index (χ1v) is 16.6. The highest BCUT2D eigenvalue weighted by Crippen LogP contribution is 2.53. The van der Waals surface area contributed by atoms with Crippen LogP contribution in [0.3, 0.4) is 0 Å². The summed E-state index contributed by atoms with van der Waals surface area (Å²) >= 11 is 0. The molecule has 9 nitrogen and oxygen atoms in total. The summed E-state index contributed by atoms with van der Waals surface area (Å²) in [6.07, 6.45) is 7.37. The van der Waals surface area contributed by atoms with E-state index in [4.69, 9.17) is 9.97 Å². The highest BCUT2D eigenvalue weighted by Gasteiger charge is 2.51. The van der Waals surface area contributed by atoms with Gasteiger partial charge in [0.15, 0.2) is 15.7 Å². The predicted octanol–water partition coefficient (Wildman–Crippen LogP) is 4.80. The molecule has 3 fully saturated rings. The van der Waals surface area contributed by atoms with Crippen molar-refractivity contribution in [2.24, 2.45) is 12.5 Å². The third kappa shape index (κ3) is 5.34. The summed E-state index contributed by atoms with van der Waals surface area (Å²) in [4.78, 5) is 14.7. The van der Waals surface area contributed by atoms with E-state index in [1.54, 1.807) is 12.1 Å². The van der Waals surface area contributed by atoms with E-state index in [9.17, 15) is 13.5 Å². The summed E-state index contributed by atoms with van der Waals surface area (Å²) in [6.45, 7) is 11.7. The van der Waals surface area contributed by atoms with Crippen LogP contribution in [0.2, 0.25) is 0 Å². The van der Waals surface area contributed by atoms with Crippen molar-refractivity contribution in [3.63, 3.8) is 0 Å². The molecule has 4 heterocycles. The van der Waals surface area contributed by atoms with Gasteiger partial charge in [0.1, 0.15) is 5.52 Å². The van der Waals surface area contributed by atoms with Gasteiger partial charge in [-0.15, -0.1) is 0 Å². The molecule has 1 unspecified atom stereocenters. The number of aromatic nitrogens is 3. The lowest BCUT2D eigenvalue weighted by Crippen LogP contribution is -2.52. The highest BCUT2D eigenvalue weighted by atomic mass is 32.2. The zero-order chi connectivity index (χ0) is 29.2. The smallest absolute Gasteiger partial charge is 0.229 e. The number of anilines is 3. The number of hydrogen-bond acceptors (Lipinski definition) is 8. The van der Waals surface area contributed by atoms with E-state index in [0.29, 0.717) is 23.4 Å². The average Bonchev–Trinajstić information content (AvgIpc) is 3.27. The fraction of sp³-hybridized carbons (Fsp3) is 0.613. The van der Waals surface area contributed by atoms with Gasteiger partial charge in [-0.1, -0.05) is 0 Å². The molecular weight excluding hydrogens is 536 g/mol. The van der Waals surface area contributed by atoms with Gasteiger partial charge < -0.3 is 24.8 Å². The molecule has 1 aliphatic carbocycles. The number of nitrogens with one attached hydrogen (secondary N) is 1. The van der Waals surface area contributed by atoms with Gasteiger partial charge in [-0.2, -0.15) is 4.98 Å². The van der Waals surface area contributed by atoms with E-state index in [1.165, 1.54) is 0 Å². The van der Waals surface area contributed by atoms with Gasteiger partial charge >= 0.3 is 0 Å². The molecule has 3 aliphatic rings. The summed E-state index contributed by atoms with van der Waals surface area (Å²) in [5.74, 6) is 1.25. The quantitative estimate of drug-likeness (QED) is 0.429. The maximum atomic E-state index is 13.6. The lowest BCUT2D eigenvalue weighted by molar-refractivity contribution is 0.0246. The Hall–Kier alpha value is -2.69. The molecule has 1 atom stereocenters. The number of likely N-dealkylation sites (tertiary alicyclic amines) is 1. The lowest BCUT2D eigenvalue weighted by Gasteiger charge is -2.52. The third-order valence-electron chi connectivity index (χ3n) is 9.80. The first kappa shape index (κ1) is 28.4. The van der Waals surface area contributed by atoms with Gasteiger partial charge in [-0.25, -0.2) is 13.4 Å². The van der Waals surface area contributed by atoms with Gasteiger partial charge in [-0.05, 0) is 115 Å². The van der Waals surface area contributed by atoms with Crippen LogP contribution in [0.25, 0.3) is 11.0 Å². The molecule has 6 rings (SSSR count). The number of β-amino-alcohol motifs (C(OH)–C–C–N with tert-alkyl or cyclic N) is 1. The molecule has 1 aromatic carbocycles. The summed E-state index contributed by atoms with van der Waals surface area (Å²) in [6, 6.07) is 7.86. The Morgan fingerprint density at radius 1 is 1.07 bits per heavy atom. The number of aliphatic hydroxyl groups is 1. The molecular formula is C31H44N6O3S. The zero-order valence-corrected chi connectivity index (χ0v) is 25.8. The molecule has 0 radical (unpaired) electrons. The van der Waals surface area contributed by atoms with Gasteiger partial charge in [-0.3, -0.25) is 0 Å². The monoisotopic (exact) mass is 580 g/mol. The van der Waals surface area contributed by atoms with Gasteiger partial charge in [0.05, 0.1) is 21.3 Å². The molecule has 10 heteroatoms. The minimum absolute atomic E-state index is 0.201. The Bertz CT molecular complexity index is 1550. The van der Waals surface area contributed by atoms with E-state index in [0.717, 1.165) is 86.3 Å². The van der Waals surface area contributed by atoms with Crippen molar-refractivity contribution < 1.29 is 13.5 Å². The summed E-state index contributed by atoms with van der Waals surface area (Å²) in [7, 11) is -1.41. The van der Waals surface area contributed by atoms with Crippen molar-refractivity contribution in [2.75, 3.05) is 36.4 Å². The highest BCUT2D eigenvalue weighted by molar-refractivity contribution is 7.92. The molecule has 1 spiro atoms. The number of piperidine rings is 2. The Labute approximate surface area is 243 Å². The number of sulfone groups is 1. The standard InChI is InChI=1S/C31H44N6O3S/c1-21(2)36-15-11-31(12-16-36)18-24(19-31)41(39,40)23-7-8-25(22(3)17-23)32-29-33-26-9-14-35(5)27(26)28(34-29)37-13-6-10-30(4,38)20-37/h7-9,14,17,21,24,38H,6,10-13,15-16,18-20H2,1-5H3,(H,32,33,34). The second-order valence-electron chi connectivity index (χ2n) is 13.4. The number of benzene rings is 1. The molecule has 2 aliphatic heterocycles. The van der Waals surface area contributed by atoms with Crippen molar-refractivity contribution in [3.05, 3.63) is 36.0 Å². The van der Waals surface area contributed by atoms with Crippen molar-refractivity contribution in [2.45, 2.75) is 88.0 Å². The Balaban J connectivity index is 1.20. The average molecular weight is 581 g/mol. The molecule has 2 saturated heterocycles. The maximum absolute atomic E-state index is 13.6. The summed E-state index contributed by atoms with van der Waals surface area (Å²) in [5, 5.41) is 13.8. The van der Waals surface area contributed by atoms with E-state index in [1.807, 2.05) is 43.8 Å². The normalized spacial score (nSPS) is 23.8. The Morgan fingerprint density at radius 2 is 1.80 bits per heavy atom. The lowest BCUT2D eigenvalue weighted by atomic mass is 9.63. The minimum Gasteiger partial charge on any atom is -0.388 e. The number of hydrogen-bond donors (Lipinski definition) is 2. The summed E-state index contributed by atoms with van der Waals surface area (Å²) < 4.78 is 29.2. The largest absolute Gasteiger partial charge is 0.388 e. The molecule has 222 valence electrons. The molecule has 3 aromatic rings. The second kappa shape index (κ2) is 10.2. The van der Waals surface area contributed by atoms with Gasteiger partial charge in [0, 0.05) is 38.1 Å². The van der Waals surface area contributed by atoms with Gasteiger partial charge in [0.25, 0.3) is 0 Å². The number of aryl methyl sites for hydroxylation is 2. The second-order valence-corrected chi connectivity index (χ2v) is 15.6. The SMILES string of the molecule is Cc1cc(S(=O)(=O)C2CC3(CCN(C(C)C)CC3)C2)ccc1Nc1nc(N2CCCC(C)(O)C2)c2c(ccn2C)n1. The molecule has 41 heavy (non-hydrogen) atoms. The zero-order valence-electron chi connectivity index (χ0n) is 25.0. The maximum Gasteiger partial charge on any atom is 0.229 e. The van der Waals surface area contributed by atoms with Crippen molar-refractivity contribution in [3.8, 4) is 0 Å². The van der Waals surface area contributed by atoms with E-state index < -0.39 is 15.4 Å². The third-order valence-corrected chi connectivity index (χ3v) is 11.9. The topological polar surface area (TPSA) is 104 Å². The molecule has 2 aromatic heterocycles. The van der Waals surface area contributed by atoms with Crippen molar-refractivity contribution >= 4 is 38.3 Å². The number of nitrogens with zero attached hydrogens (tertiary/aromatic N) is 5. The van der Waals surface area contributed by atoms with Crippen LogP contribution in [0.1, 0.15) is 64.9 Å². The van der Waals surface area contributed by atoms with E-state index in [2.05, 4.69) is 29.0 Å². The predicted molar refractivity (Wildman–Crippen MR) is 164 cm³/mol. The van der Waals surface area contributed by atoms with E-state index >= 15 is 0 Å². The molecule has 0 amide bonds. The van der Waals surface area contributed by atoms with Crippen LogP contribution >= 0.6 is 0 Å². The van der Waals surface area contributed by atoms with Crippen LogP contribution in [0.5, 0.6) is 0 Å². The fourth-order valence-corrected chi connectivity index (χ4v) is 9.29. The van der Waals surface area contributed by atoms with Crippen molar-refractivity contribution in [1.82, 2.24) is 19.4 Å².